The third-order valence-electron chi connectivity index (χ3n) is 3.13. The van der Waals surface area contributed by atoms with Crippen molar-refractivity contribution in [2.24, 2.45) is 0 Å². The van der Waals surface area contributed by atoms with Crippen LogP contribution in [0, 0.1) is 13.8 Å². The van der Waals surface area contributed by atoms with Gasteiger partial charge in [0.25, 0.3) is 0 Å². The lowest BCUT2D eigenvalue weighted by molar-refractivity contribution is 0.387. The molecule has 1 N–H and O–H groups in total. The second-order valence-electron chi connectivity index (χ2n) is 4.75. The fourth-order valence-corrected chi connectivity index (χ4v) is 2.14. The van der Waals surface area contributed by atoms with Crippen LogP contribution in [-0.2, 0) is 6.42 Å². The molecule has 0 saturated carbocycles. The highest BCUT2D eigenvalue weighted by Gasteiger charge is 2.05. The molecule has 0 fully saturated rings. The van der Waals surface area contributed by atoms with E-state index >= 15 is 0 Å². The molecule has 0 amide bonds. The molecule has 0 aliphatic rings. The predicted molar refractivity (Wildman–Crippen MR) is 77.7 cm³/mol. The quantitative estimate of drug-likeness (QED) is 0.788. The Labute approximate surface area is 117 Å². The fraction of sp³-hybridized carbons (Fsp3) is 0.267. The summed E-state index contributed by atoms with van der Waals surface area (Å²) in [4.78, 5) is 8.81. The first-order valence-corrected chi connectivity index (χ1v) is 6.62. The number of pyridine rings is 1. The number of hydrogen-bond acceptors (Lipinski definition) is 5. The summed E-state index contributed by atoms with van der Waals surface area (Å²) in [5.41, 5.74) is 2.13. The summed E-state index contributed by atoms with van der Waals surface area (Å²) in [7, 11) is 0. The predicted octanol–water partition coefficient (Wildman–Crippen LogP) is 2.89. The van der Waals surface area contributed by atoms with Crippen molar-refractivity contribution in [2.75, 3.05) is 11.9 Å². The first kappa shape index (κ1) is 12.6. The van der Waals surface area contributed by atoms with Gasteiger partial charge in [0, 0.05) is 25.3 Å². The minimum absolute atomic E-state index is 0.597. The Kier molecular flexibility index (Phi) is 3.33. The summed E-state index contributed by atoms with van der Waals surface area (Å²) in [6.07, 6.45) is 0.714. The van der Waals surface area contributed by atoms with E-state index in [4.69, 9.17) is 4.52 Å². The number of nitrogens with one attached hydrogen (secondary N) is 1. The van der Waals surface area contributed by atoms with Gasteiger partial charge in [-0.3, -0.25) is 0 Å². The Morgan fingerprint density at radius 2 is 2.00 bits per heavy atom. The fourth-order valence-electron chi connectivity index (χ4n) is 2.14. The number of nitrogens with zero attached hydrogens (tertiary/aromatic N) is 3. The molecule has 20 heavy (non-hydrogen) atoms. The highest BCUT2D eigenvalue weighted by Crippen LogP contribution is 2.19. The van der Waals surface area contributed by atoms with Gasteiger partial charge >= 0.3 is 0 Å². The van der Waals surface area contributed by atoms with Gasteiger partial charge in [0.1, 0.15) is 5.82 Å². The van der Waals surface area contributed by atoms with E-state index in [0.29, 0.717) is 18.1 Å². The average Bonchev–Trinajstić information content (AvgIpc) is 2.85. The molecule has 2 heterocycles. The van der Waals surface area contributed by atoms with Crippen molar-refractivity contribution in [3.63, 3.8) is 0 Å². The van der Waals surface area contributed by atoms with Gasteiger partial charge in [0.15, 0.2) is 5.82 Å². The van der Waals surface area contributed by atoms with Crippen LogP contribution < -0.4 is 5.32 Å². The minimum Gasteiger partial charge on any atom is -0.369 e. The van der Waals surface area contributed by atoms with E-state index in [-0.39, 0.29) is 0 Å². The number of fused-ring (bicyclic) bond motifs is 1. The van der Waals surface area contributed by atoms with Crippen molar-refractivity contribution in [2.45, 2.75) is 20.3 Å². The maximum absolute atomic E-state index is 4.94. The maximum Gasteiger partial charge on any atom is 0.223 e. The van der Waals surface area contributed by atoms with Gasteiger partial charge in [-0.2, -0.15) is 4.98 Å². The van der Waals surface area contributed by atoms with Gasteiger partial charge in [-0.25, -0.2) is 4.98 Å². The molecule has 0 bridgehead atoms. The number of anilines is 1. The van der Waals surface area contributed by atoms with Crippen LogP contribution in [0.2, 0.25) is 0 Å². The van der Waals surface area contributed by atoms with Gasteiger partial charge in [0.2, 0.25) is 5.89 Å². The number of benzene rings is 1. The van der Waals surface area contributed by atoms with Gasteiger partial charge in [-0.05, 0) is 24.6 Å². The Balaban J connectivity index is 1.72. The molecule has 0 radical (unpaired) electrons. The van der Waals surface area contributed by atoms with Crippen LogP contribution in [0.5, 0.6) is 0 Å². The smallest absolute Gasteiger partial charge is 0.223 e. The van der Waals surface area contributed by atoms with Gasteiger partial charge in [0.05, 0.1) is 5.52 Å². The summed E-state index contributed by atoms with van der Waals surface area (Å²) in [5.74, 6) is 2.22. The lowest BCUT2D eigenvalue weighted by Gasteiger charge is -2.09. The number of hydrogen-bond donors (Lipinski definition) is 1. The summed E-state index contributed by atoms with van der Waals surface area (Å²) < 4.78 is 4.94. The SMILES string of the molecule is Cc1nc(CCNc2nc3ccccc3cc2C)no1. The molecule has 0 atom stereocenters. The zero-order valence-corrected chi connectivity index (χ0v) is 11.6. The van der Waals surface area contributed by atoms with Crippen molar-refractivity contribution in [3.8, 4) is 0 Å². The molecule has 102 valence electrons. The molecule has 0 spiro atoms. The molecule has 0 aliphatic heterocycles. The van der Waals surface area contributed by atoms with E-state index in [0.717, 1.165) is 28.8 Å². The minimum atomic E-state index is 0.597. The molecular weight excluding hydrogens is 252 g/mol. The second-order valence-corrected chi connectivity index (χ2v) is 4.75. The first-order valence-electron chi connectivity index (χ1n) is 6.62. The molecule has 3 rings (SSSR count). The summed E-state index contributed by atoms with van der Waals surface area (Å²) in [5, 5.41) is 8.36. The van der Waals surface area contributed by atoms with Crippen LogP contribution >= 0.6 is 0 Å². The molecular formula is C15H16N4O. The van der Waals surface area contributed by atoms with Crippen molar-refractivity contribution < 1.29 is 4.52 Å². The largest absolute Gasteiger partial charge is 0.369 e. The number of aromatic nitrogens is 3. The zero-order valence-electron chi connectivity index (χ0n) is 11.6. The highest BCUT2D eigenvalue weighted by molar-refractivity contribution is 5.81. The van der Waals surface area contributed by atoms with E-state index in [1.807, 2.05) is 18.2 Å². The Morgan fingerprint density at radius 3 is 2.80 bits per heavy atom. The Bertz CT molecular complexity index is 736. The zero-order chi connectivity index (χ0) is 13.9. The van der Waals surface area contributed by atoms with Crippen LogP contribution in [0.15, 0.2) is 34.9 Å². The average molecular weight is 268 g/mol. The topological polar surface area (TPSA) is 63.8 Å². The standard InChI is InChI=1S/C15H16N4O/c1-10-9-12-5-3-4-6-13(12)18-15(10)16-8-7-14-17-11(2)20-19-14/h3-6,9H,7-8H2,1-2H3,(H,16,18). The van der Waals surface area contributed by atoms with E-state index in [9.17, 15) is 0 Å². The molecule has 5 nitrogen and oxygen atoms in total. The van der Waals surface area contributed by atoms with Crippen molar-refractivity contribution in [3.05, 3.63) is 47.6 Å². The second kappa shape index (κ2) is 5.28. The van der Waals surface area contributed by atoms with E-state index in [1.165, 1.54) is 0 Å². The Morgan fingerprint density at radius 1 is 1.15 bits per heavy atom. The monoisotopic (exact) mass is 268 g/mol. The van der Waals surface area contributed by atoms with E-state index in [2.05, 4.69) is 39.5 Å². The number of aryl methyl sites for hydroxylation is 2. The third-order valence-corrected chi connectivity index (χ3v) is 3.13. The third kappa shape index (κ3) is 2.61. The van der Waals surface area contributed by atoms with Crippen LogP contribution in [-0.4, -0.2) is 21.7 Å². The molecule has 0 aliphatic carbocycles. The van der Waals surface area contributed by atoms with Gasteiger partial charge in [-0.15, -0.1) is 0 Å². The molecule has 0 saturated heterocycles. The molecule has 1 aromatic carbocycles. The van der Waals surface area contributed by atoms with Crippen molar-refractivity contribution in [1.29, 1.82) is 0 Å². The van der Waals surface area contributed by atoms with Gasteiger partial charge < -0.3 is 9.84 Å². The van der Waals surface area contributed by atoms with Crippen LogP contribution in [0.4, 0.5) is 5.82 Å². The highest BCUT2D eigenvalue weighted by atomic mass is 16.5. The first-order chi connectivity index (χ1) is 9.72. The number of rotatable bonds is 4. The maximum atomic E-state index is 4.94. The van der Waals surface area contributed by atoms with Crippen LogP contribution in [0.3, 0.4) is 0 Å². The molecule has 5 heteroatoms. The Hall–Kier alpha value is -2.43. The number of para-hydroxylation sites is 1. The normalized spacial score (nSPS) is 10.9. The van der Waals surface area contributed by atoms with Crippen molar-refractivity contribution >= 4 is 16.7 Å². The lowest BCUT2D eigenvalue weighted by Crippen LogP contribution is -2.08. The molecule has 2 aromatic heterocycles. The summed E-state index contributed by atoms with van der Waals surface area (Å²) in [6, 6.07) is 10.2. The van der Waals surface area contributed by atoms with Crippen molar-refractivity contribution in [1.82, 2.24) is 15.1 Å². The molecule has 3 aromatic rings. The van der Waals surface area contributed by atoms with E-state index in [1.54, 1.807) is 6.92 Å². The van der Waals surface area contributed by atoms with Gasteiger partial charge in [-0.1, -0.05) is 23.4 Å². The van der Waals surface area contributed by atoms with Crippen LogP contribution in [0.25, 0.3) is 10.9 Å². The lowest BCUT2D eigenvalue weighted by atomic mass is 10.1. The summed E-state index contributed by atoms with van der Waals surface area (Å²) >= 11 is 0. The van der Waals surface area contributed by atoms with Crippen LogP contribution in [0.1, 0.15) is 17.3 Å². The van der Waals surface area contributed by atoms with E-state index < -0.39 is 0 Å². The summed E-state index contributed by atoms with van der Waals surface area (Å²) in [6.45, 7) is 4.57. The molecule has 0 unspecified atom stereocenters.